The van der Waals surface area contributed by atoms with E-state index < -0.39 is 0 Å². The van der Waals surface area contributed by atoms with Gasteiger partial charge in [-0.15, -0.1) is 0 Å². The summed E-state index contributed by atoms with van der Waals surface area (Å²) in [5, 5.41) is 0. The SMILES string of the molecule is CCCN(C)CC1COC2(CCC(C(C)CC)CC2)O1. The second kappa shape index (κ2) is 7.24. The van der Waals surface area contributed by atoms with E-state index in [4.69, 9.17) is 9.47 Å². The van der Waals surface area contributed by atoms with E-state index in [-0.39, 0.29) is 11.9 Å². The molecule has 2 rings (SSSR count). The zero-order valence-electron chi connectivity index (χ0n) is 13.9. The van der Waals surface area contributed by atoms with Gasteiger partial charge in [-0.3, -0.25) is 0 Å². The molecule has 0 radical (unpaired) electrons. The zero-order valence-corrected chi connectivity index (χ0v) is 13.9. The molecule has 20 heavy (non-hydrogen) atoms. The number of ether oxygens (including phenoxy) is 2. The maximum absolute atomic E-state index is 6.30. The van der Waals surface area contributed by atoms with Gasteiger partial charge in [0.05, 0.1) is 12.7 Å². The van der Waals surface area contributed by atoms with E-state index in [2.05, 4.69) is 32.7 Å². The summed E-state index contributed by atoms with van der Waals surface area (Å²) >= 11 is 0. The Kier molecular flexibility index (Phi) is 5.88. The highest BCUT2D eigenvalue weighted by atomic mass is 16.7. The van der Waals surface area contributed by atoms with Crippen molar-refractivity contribution in [2.45, 2.75) is 71.2 Å². The first kappa shape index (κ1) is 16.3. The third-order valence-corrected chi connectivity index (χ3v) is 5.28. The summed E-state index contributed by atoms with van der Waals surface area (Å²) in [4.78, 5) is 2.36. The molecule has 0 aromatic heterocycles. The molecule has 2 aliphatic rings. The van der Waals surface area contributed by atoms with Crippen LogP contribution in [0.5, 0.6) is 0 Å². The van der Waals surface area contributed by atoms with Gasteiger partial charge >= 0.3 is 0 Å². The molecule has 2 atom stereocenters. The molecule has 0 aromatic rings. The molecule has 3 heteroatoms. The van der Waals surface area contributed by atoms with Gasteiger partial charge in [0.15, 0.2) is 5.79 Å². The third kappa shape index (κ3) is 3.96. The predicted octanol–water partition coefficient (Wildman–Crippen LogP) is 3.68. The smallest absolute Gasteiger partial charge is 0.168 e. The van der Waals surface area contributed by atoms with E-state index >= 15 is 0 Å². The maximum atomic E-state index is 6.30. The van der Waals surface area contributed by atoms with Crippen LogP contribution in [-0.4, -0.2) is 43.5 Å². The van der Waals surface area contributed by atoms with Crippen molar-refractivity contribution in [2.75, 3.05) is 26.7 Å². The fourth-order valence-electron chi connectivity index (χ4n) is 3.77. The van der Waals surface area contributed by atoms with Crippen LogP contribution in [0.1, 0.15) is 59.3 Å². The Labute approximate surface area is 125 Å². The fraction of sp³-hybridized carbons (Fsp3) is 1.00. The van der Waals surface area contributed by atoms with E-state index in [1.165, 1.54) is 25.7 Å². The van der Waals surface area contributed by atoms with E-state index in [0.29, 0.717) is 0 Å². The Balaban J connectivity index is 1.78. The van der Waals surface area contributed by atoms with Crippen LogP contribution in [0.4, 0.5) is 0 Å². The Morgan fingerprint density at radius 2 is 1.95 bits per heavy atom. The summed E-state index contributed by atoms with van der Waals surface area (Å²) in [7, 11) is 2.18. The van der Waals surface area contributed by atoms with Crippen LogP contribution in [0.15, 0.2) is 0 Å². The van der Waals surface area contributed by atoms with E-state index in [1.807, 2.05) is 0 Å². The molecule has 2 fully saturated rings. The predicted molar refractivity (Wildman–Crippen MR) is 82.8 cm³/mol. The van der Waals surface area contributed by atoms with Crippen LogP contribution < -0.4 is 0 Å². The number of likely N-dealkylation sites (N-methyl/N-ethyl adjacent to an activating group) is 1. The van der Waals surface area contributed by atoms with Crippen LogP contribution in [0.2, 0.25) is 0 Å². The van der Waals surface area contributed by atoms with Gasteiger partial charge in [0.25, 0.3) is 0 Å². The molecule has 1 heterocycles. The Morgan fingerprint density at radius 3 is 2.55 bits per heavy atom. The van der Waals surface area contributed by atoms with Crippen LogP contribution in [-0.2, 0) is 9.47 Å². The van der Waals surface area contributed by atoms with E-state index in [1.54, 1.807) is 0 Å². The van der Waals surface area contributed by atoms with Crippen LogP contribution in [0.25, 0.3) is 0 Å². The van der Waals surface area contributed by atoms with Crippen molar-refractivity contribution in [2.24, 2.45) is 11.8 Å². The van der Waals surface area contributed by atoms with Crippen molar-refractivity contribution >= 4 is 0 Å². The molecule has 3 nitrogen and oxygen atoms in total. The second-order valence-electron chi connectivity index (χ2n) is 6.95. The first-order valence-corrected chi connectivity index (χ1v) is 8.59. The van der Waals surface area contributed by atoms with Crippen molar-refractivity contribution in [1.29, 1.82) is 0 Å². The first-order valence-electron chi connectivity index (χ1n) is 8.59. The fourth-order valence-corrected chi connectivity index (χ4v) is 3.77. The minimum absolute atomic E-state index is 0.234. The van der Waals surface area contributed by atoms with Gasteiger partial charge in [-0.25, -0.2) is 0 Å². The van der Waals surface area contributed by atoms with Gasteiger partial charge in [0.1, 0.15) is 0 Å². The zero-order chi connectivity index (χ0) is 14.6. The molecule has 2 unspecified atom stereocenters. The lowest BCUT2D eigenvalue weighted by Gasteiger charge is -2.38. The highest BCUT2D eigenvalue weighted by Gasteiger charge is 2.44. The van der Waals surface area contributed by atoms with Gasteiger partial charge in [0.2, 0.25) is 0 Å². The molecule has 1 aliphatic heterocycles. The first-order chi connectivity index (χ1) is 9.58. The molecular formula is C17H33NO2. The Bertz CT molecular complexity index is 287. The minimum Gasteiger partial charge on any atom is -0.347 e. The van der Waals surface area contributed by atoms with Crippen LogP contribution >= 0.6 is 0 Å². The topological polar surface area (TPSA) is 21.7 Å². The van der Waals surface area contributed by atoms with Gasteiger partial charge in [0, 0.05) is 19.4 Å². The van der Waals surface area contributed by atoms with Crippen LogP contribution in [0, 0.1) is 11.8 Å². The highest BCUT2D eigenvalue weighted by Crippen LogP contribution is 2.42. The lowest BCUT2D eigenvalue weighted by atomic mass is 9.77. The maximum Gasteiger partial charge on any atom is 0.168 e. The summed E-state index contributed by atoms with van der Waals surface area (Å²) in [6.07, 6.45) is 7.49. The third-order valence-electron chi connectivity index (χ3n) is 5.28. The lowest BCUT2D eigenvalue weighted by Crippen LogP contribution is -2.38. The minimum atomic E-state index is -0.234. The van der Waals surface area contributed by atoms with Gasteiger partial charge in [-0.1, -0.05) is 27.2 Å². The molecule has 0 N–H and O–H groups in total. The Hall–Kier alpha value is -0.120. The number of hydrogen-bond donors (Lipinski definition) is 0. The van der Waals surface area contributed by atoms with Gasteiger partial charge in [-0.05, 0) is 44.7 Å². The molecule has 0 aromatic carbocycles. The van der Waals surface area contributed by atoms with E-state index in [0.717, 1.165) is 44.4 Å². The molecule has 0 bridgehead atoms. The molecule has 1 spiro atoms. The lowest BCUT2D eigenvalue weighted by molar-refractivity contribution is -0.195. The summed E-state index contributed by atoms with van der Waals surface area (Å²) in [5.41, 5.74) is 0. The van der Waals surface area contributed by atoms with Crippen molar-refractivity contribution in [3.63, 3.8) is 0 Å². The number of hydrogen-bond acceptors (Lipinski definition) is 3. The quantitative estimate of drug-likeness (QED) is 0.742. The van der Waals surface area contributed by atoms with Crippen molar-refractivity contribution < 1.29 is 9.47 Å². The highest BCUT2D eigenvalue weighted by molar-refractivity contribution is 4.87. The summed E-state index contributed by atoms with van der Waals surface area (Å²) < 4.78 is 12.4. The average molecular weight is 283 g/mol. The van der Waals surface area contributed by atoms with Crippen molar-refractivity contribution in [1.82, 2.24) is 4.90 Å². The van der Waals surface area contributed by atoms with Crippen molar-refractivity contribution in [3.05, 3.63) is 0 Å². The average Bonchev–Trinajstić information content (AvgIpc) is 2.82. The summed E-state index contributed by atoms with van der Waals surface area (Å²) in [6, 6.07) is 0. The summed E-state index contributed by atoms with van der Waals surface area (Å²) in [6.45, 7) is 9.84. The van der Waals surface area contributed by atoms with Crippen molar-refractivity contribution in [3.8, 4) is 0 Å². The molecular weight excluding hydrogens is 250 g/mol. The molecule has 1 aliphatic carbocycles. The standard InChI is InChI=1S/C17H33NO2/c1-5-11-18(4)12-16-13-19-17(20-16)9-7-15(8-10-17)14(3)6-2/h14-16H,5-13H2,1-4H3. The van der Waals surface area contributed by atoms with Gasteiger partial charge < -0.3 is 14.4 Å². The Morgan fingerprint density at radius 1 is 1.25 bits per heavy atom. The van der Waals surface area contributed by atoms with Crippen LogP contribution in [0.3, 0.4) is 0 Å². The van der Waals surface area contributed by atoms with E-state index in [9.17, 15) is 0 Å². The number of nitrogens with zero attached hydrogens (tertiary/aromatic N) is 1. The molecule has 1 saturated heterocycles. The normalized spacial score (nSPS) is 35.9. The second-order valence-corrected chi connectivity index (χ2v) is 6.95. The molecule has 0 amide bonds. The van der Waals surface area contributed by atoms with Gasteiger partial charge in [-0.2, -0.15) is 0 Å². The largest absolute Gasteiger partial charge is 0.347 e. The summed E-state index contributed by atoms with van der Waals surface area (Å²) in [5.74, 6) is 1.49. The monoisotopic (exact) mass is 283 g/mol. The number of rotatable bonds is 6. The molecule has 1 saturated carbocycles. The molecule has 118 valence electrons.